The van der Waals surface area contributed by atoms with Gasteiger partial charge in [0.1, 0.15) is 5.69 Å². The number of aryl methyl sites for hydroxylation is 2. The van der Waals surface area contributed by atoms with Crippen LogP contribution in [-0.2, 0) is 14.1 Å². The lowest BCUT2D eigenvalue weighted by molar-refractivity contribution is 0.322. The van der Waals surface area contributed by atoms with Crippen LogP contribution in [0.3, 0.4) is 0 Å². The van der Waals surface area contributed by atoms with Crippen LogP contribution in [0, 0.1) is 0 Å². The first-order valence-corrected chi connectivity index (χ1v) is 4.41. The molecule has 0 unspecified atom stereocenters. The van der Waals surface area contributed by atoms with Gasteiger partial charge in [-0.2, -0.15) is 10.2 Å². The van der Waals surface area contributed by atoms with Gasteiger partial charge in [0.25, 0.3) is 0 Å². The predicted octanol–water partition coefficient (Wildman–Crippen LogP) is 0.629. The van der Waals surface area contributed by atoms with Gasteiger partial charge in [-0.1, -0.05) is 5.16 Å². The van der Waals surface area contributed by atoms with Crippen LogP contribution in [0.25, 0.3) is 11.3 Å². The zero-order valence-corrected chi connectivity index (χ0v) is 8.49. The van der Waals surface area contributed by atoms with E-state index in [1.165, 1.54) is 6.21 Å². The molecular weight excluding hydrogens is 194 g/mol. The van der Waals surface area contributed by atoms with Gasteiger partial charge in [0.05, 0.1) is 12.4 Å². The third-order valence-electron chi connectivity index (χ3n) is 2.03. The maximum atomic E-state index is 8.52. The molecule has 2 rings (SSSR count). The van der Waals surface area contributed by atoms with Crippen LogP contribution in [0.2, 0.25) is 0 Å². The molecule has 0 aliphatic carbocycles. The number of hydrogen-bond donors (Lipinski definition) is 1. The predicted molar refractivity (Wildman–Crippen MR) is 54.8 cm³/mol. The van der Waals surface area contributed by atoms with Crippen LogP contribution in [0.5, 0.6) is 0 Å². The van der Waals surface area contributed by atoms with Crippen molar-refractivity contribution in [1.82, 2.24) is 19.6 Å². The number of oxime groups is 1. The monoisotopic (exact) mass is 205 g/mol. The van der Waals surface area contributed by atoms with E-state index in [1.54, 1.807) is 21.8 Å². The number of nitrogens with zero attached hydrogens (tertiary/aromatic N) is 5. The lowest BCUT2D eigenvalue weighted by atomic mass is 10.2. The average Bonchev–Trinajstić information content (AvgIpc) is 2.73. The van der Waals surface area contributed by atoms with Crippen molar-refractivity contribution in [3.63, 3.8) is 0 Å². The van der Waals surface area contributed by atoms with Crippen LogP contribution in [0.1, 0.15) is 5.56 Å². The third kappa shape index (κ3) is 1.74. The second-order valence-corrected chi connectivity index (χ2v) is 3.25. The molecule has 6 heteroatoms. The van der Waals surface area contributed by atoms with Crippen molar-refractivity contribution in [2.24, 2.45) is 19.3 Å². The summed E-state index contributed by atoms with van der Waals surface area (Å²) in [7, 11) is 3.65. The third-order valence-corrected chi connectivity index (χ3v) is 2.03. The molecule has 0 spiro atoms. The Kier molecular flexibility index (Phi) is 2.24. The maximum absolute atomic E-state index is 8.52. The fourth-order valence-corrected chi connectivity index (χ4v) is 1.43. The lowest BCUT2D eigenvalue weighted by Gasteiger charge is -1.91. The Morgan fingerprint density at radius 1 is 1.33 bits per heavy atom. The summed E-state index contributed by atoms with van der Waals surface area (Å²) in [5, 5.41) is 19.9. The summed E-state index contributed by atoms with van der Waals surface area (Å²) < 4.78 is 3.36. The molecule has 2 aromatic heterocycles. The van der Waals surface area contributed by atoms with E-state index >= 15 is 0 Å². The molecule has 6 nitrogen and oxygen atoms in total. The highest BCUT2D eigenvalue weighted by Crippen LogP contribution is 2.19. The van der Waals surface area contributed by atoms with Crippen LogP contribution < -0.4 is 0 Å². The first-order chi connectivity index (χ1) is 7.20. The summed E-state index contributed by atoms with van der Waals surface area (Å²) in [5.41, 5.74) is 2.41. The molecule has 2 aromatic rings. The Hall–Kier alpha value is -2.11. The lowest BCUT2D eigenvalue weighted by Crippen LogP contribution is -1.87. The molecule has 78 valence electrons. The summed E-state index contributed by atoms with van der Waals surface area (Å²) in [6.45, 7) is 0. The average molecular weight is 205 g/mol. The van der Waals surface area contributed by atoms with E-state index in [2.05, 4.69) is 15.4 Å². The largest absolute Gasteiger partial charge is 0.411 e. The molecule has 0 atom stereocenters. The van der Waals surface area contributed by atoms with Crippen LogP contribution in [0.4, 0.5) is 0 Å². The molecule has 2 heterocycles. The van der Waals surface area contributed by atoms with Crippen molar-refractivity contribution in [2.75, 3.05) is 0 Å². The Labute approximate surface area is 86.4 Å². The molecular formula is C9H11N5O. The minimum atomic E-state index is 0.753. The molecule has 0 radical (unpaired) electrons. The van der Waals surface area contributed by atoms with Crippen LogP contribution in [-0.4, -0.2) is 31.0 Å². The summed E-state index contributed by atoms with van der Waals surface area (Å²) in [6, 6.07) is 0. The van der Waals surface area contributed by atoms with Gasteiger partial charge in [0.15, 0.2) is 0 Å². The topological polar surface area (TPSA) is 68.2 Å². The molecule has 1 N–H and O–H groups in total. The highest BCUT2D eigenvalue weighted by molar-refractivity contribution is 5.87. The summed E-state index contributed by atoms with van der Waals surface area (Å²) in [4.78, 5) is 0. The smallest absolute Gasteiger partial charge is 0.104 e. The van der Waals surface area contributed by atoms with Crippen molar-refractivity contribution < 1.29 is 5.21 Å². The van der Waals surface area contributed by atoms with E-state index in [9.17, 15) is 0 Å². The van der Waals surface area contributed by atoms with Gasteiger partial charge in [-0.3, -0.25) is 9.36 Å². The SMILES string of the molecule is Cn1cc(-c2nn(C)cc2C=NO)cn1. The van der Waals surface area contributed by atoms with Crippen molar-refractivity contribution >= 4 is 6.21 Å². The normalized spacial score (nSPS) is 11.3. The van der Waals surface area contributed by atoms with Gasteiger partial charge in [-0.15, -0.1) is 0 Å². The fourth-order valence-electron chi connectivity index (χ4n) is 1.43. The highest BCUT2D eigenvalue weighted by atomic mass is 16.4. The minimum absolute atomic E-state index is 0.753. The van der Waals surface area contributed by atoms with Gasteiger partial charge in [-0.05, 0) is 0 Å². The summed E-state index contributed by atoms with van der Waals surface area (Å²) in [6.07, 6.45) is 6.71. The second kappa shape index (κ2) is 3.56. The Bertz CT molecular complexity index is 496. The van der Waals surface area contributed by atoms with E-state index < -0.39 is 0 Å². The molecule has 0 fully saturated rings. The van der Waals surface area contributed by atoms with Crippen LogP contribution in [0.15, 0.2) is 23.7 Å². The van der Waals surface area contributed by atoms with E-state index in [0.717, 1.165) is 16.8 Å². The van der Waals surface area contributed by atoms with Crippen molar-refractivity contribution in [2.45, 2.75) is 0 Å². The molecule has 0 aliphatic rings. The first kappa shape index (κ1) is 9.45. The minimum Gasteiger partial charge on any atom is -0.411 e. The summed E-state index contributed by atoms with van der Waals surface area (Å²) in [5.74, 6) is 0. The molecule has 0 aromatic carbocycles. The number of aromatic nitrogens is 4. The Balaban J connectivity index is 2.51. The second-order valence-electron chi connectivity index (χ2n) is 3.25. The van der Waals surface area contributed by atoms with Crippen LogP contribution >= 0.6 is 0 Å². The van der Waals surface area contributed by atoms with Crippen molar-refractivity contribution in [3.05, 3.63) is 24.2 Å². The molecule has 0 saturated heterocycles. The van der Waals surface area contributed by atoms with Gasteiger partial charge < -0.3 is 5.21 Å². The zero-order valence-electron chi connectivity index (χ0n) is 8.49. The molecule has 15 heavy (non-hydrogen) atoms. The van der Waals surface area contributed by atoms with Crippen molar-refractivity contribution in [3.8, 4) is 11.3 Å². The van der Waals surface area contributed by atoms with E-state index in [4.69, 9.17) is 5.21 Å². The van der Waals surface area contributed by atoms with E-state index in [0.29, 0.717) is 0 Å². The summed E-state index contributed by atoms with van der Waals surface area (Å²) >= 11 is 0. The highest BCUT2D eigenvalue weighted by Gasteiger charge is 2.09. The zero-order chi connectivity index (χ0) is 10.8. The molecule has 0 saturated carbocycles. The van der Waals surface area contributed by atoms with Gasteiger partial charge in [-0.25, -0.2) is 0 Å². The Morgan fingerprint density at radius 3 is 2.73 bits per heavy atom. The molecule has 0 amide bonds. The maximum Gasteiger partial charge on any atom is 0.104 e. The number of hydrogen-bond acceptors (Lipinski definition) is 4. The van der Waals surface area contributed by atoms with Gasteiger partial charge in [0.2, 0.25) is 0 Å². The van der Waals surface area contributed by atoms with Crippen molar-refractivity contribution in [1.29, 1.82) is 0 Å². The number of rotatable bonds is 2. The van der Waals surface area contributed by atoms with E-state index in [1.807, 2.05) is 20.3 Å². The van der Waals surface area contributed by atoms with Gasteiger partial charge >= 0.3 is 0 Å². The first-order valence-electron chi connectivity index (χ1n) is 4.41. The van der Waals surface area contributed by atoms with Gasteiger partial charge in [0, 0.05) is 37.6 Å². The van der Waals surface area contributed by atoms with E-state index in [-0.39, 0.29) is 0 Å². The molecule has 0 aliphatic heterocycles. The molecule has 0 bridgehead atoms. The fraction of sp³-hybridized carbons (Fsp3) is 0.222. The Morgan fingerprint density at radius 2 is 2.13 bits per heavy atom. The quantitative estimate of drug-likeness (QED) is 0.444. The standard InChI is InChI=1S/C9H11N5O/c1-13-5-7(3-10-13)9-8(4-11-15)6-14(2)12-9/h3-6,15H,1-2H3.